The second kappa shape index (κ2) is 8.39. The molecule has 1 heterocycles. The smallest absolute Gasteiger partial charge is 0.238 e. The summed E-state index contributed by atoms with van der Waals surface area (Å²) in [5.74, 6) is -0.271. The van der Waals surface area contributed by atoms with Crippen LogP contribution in [0.2, 0.25) is 0 Å². The van der Waals surface area contributed by atoms with Gasteiger partial charge in [-0.25, -0.2) is 26.4 Å². The van der Waals surface area contributed by atoms with E-state index >= 15 is 0 Å². The highest BCUT2D eigenvalue weighted by Gasteiger charge is 2.23. The highest BCUT2D eigenvalue weighted by molar-refractivity contribution is 7.91. The molecule has 0 atom stereocenters. The van der Waals surface area contributed by atoms with Gasteiger partial charge in [0, 0.05) is 39.0 Å². The number of anilines is 1. The molecular formula is C19H24FN3O4S2. The van der Waals surface area contributed by atoms with Gasteiger partial charge in [0.15, 0.2) is 9.84 Å². The third-order valence-electron chi connectivity index (χ3n) is 4.91. The quantitative estimate of drug-likeness (QED) is 0.756. The molecule has 0 unspecified atom stereocenters. The third kappa shape index (κ3) is 5.53. The molecule has 2 N–H and O–H groups in total. The highest BCUT2D eigenvalue weighted by atomic mass is 32.2. The van der Waals surface area contributed by atoms with Crippen molar-refractivity contribution in [3.8, 4) is 0 Å². The van der Waals surface area contributed by atoms with Crippen LogP contribution in [0.25, 0.3) is 0 Å². The molecular weight excluding hydrogens is 417 g/mol. The van der Waals surface area contributed by atoms with Gasteiger partial charge in [-0.15, -0.1) is 0 Å². The van der Waals surface area contributed by atoms with Gasteiger partial charge in [0.1, 0.15) is 5.82 Å². The van der Waals surface area contributed by atoms with Crippen LogP contribution in [0, 0.1) is 5.82 Å². The topological polar surface area (TPSA) is 101 Å². The van der Waals surface area contributed by atoms with Gasteiger partial charge >= 0.3 is 0 Å². The first-order valence-electron chi connectivity index (χ1n) is 9.13. The summed E-state index contributed by atoms with van der Waals surface area (Å²) in [7, 11) is -7.66. The van der Waals surface area contributed by atoms with Crippen molar-refractivity contribution < 1.29 is 21.2 Å². The first-order chi connectivity index (χ1) is 13.5. The summed E-state index contributed by atoms with van der Waals surface area (Å²) in [5, 5.41) is 5.16. The number of hydrogen-bond donors (Lipinski definition) is 1. The SMILES string of the molecule is CS(=O)(=O)c1cc(S(N)(=O)=O)ccc1N1CCCN(Cc2ccc(F)cc2)CC1. The van der Waals surface area contributed by atoms with Crippen molar-refractivity contribution in [2.45, 2.75) is 22.8 Å². The predicted octanol–water partition coefficient (Wildman–Crippen LogP) is 1.59. The van der Waals surface area contributed by atoms with Gasteiger partial charge in [0.25, 0.3) is 0 Å². The average molecular weight is 442 g/mol. The number of rotatable bonds is 5. The number of primary sulfonamides is 1. The molecule has 0 spiro atoms. The van der Waals surface area contributed by atoms with Crippen molar-refractivity contribution in [3.63, 3.8) is 0 Å². The summed E-state index contributed by atoms with van der Waals surface area (Å²) in [5.41, 5.74) is 1.48. The first-order valence-corrected chi connectivity index (χ1v) is 12.6. The van der Waals surface area contributed by atoms with Crippen LogP contribution in [-0.2, 0) is 26.4 Å². The Bertz CT molecular complexity index is 1090. The lowest BCUT2D eigenvalue weighted by Gasteiger charge is -2.26. The molecule has 0 aromatic heterocycles. The number of nitrogens with two attached hydrogens (primary N) is 1. The molecule has 0 amide bonds. The lowest BCUT2D eigenvalue weighted by molar-refractivity contribution is 0.285. The highest BCUT2D eigenvalue weighted by Crippen LogP contribution is 2.29. The molecule has 29 heavy (non-hydrogen) atoms. The minimum absolute atomic E-state index is 0.0454. The van der Waals surface area contributed by atoms with E-state index in [1.54, 1.807) is 12.1 Å². The molecule has 0 bridgehead atoms. The minimum atomic E-state index is -4.00. The normalized spacial score (nSPS) is 16.6. The van der Waals surface area contributed by atoms with Crippen molar-refractivity contribution in [2.24, 2.45) is 5.14 Å². The average Bonchev–Trinajstić information content (AvgIpc) is 2.87. The summed E-state index contributed by atoms with van der Waals surface area (Å²) in [6.07, 6.45) is 1.86. The molecule has 2 aromatic carbocycles. The summed E-state index contributed by atoms with van der Waals surface area (Å²) in [6, 6.07) is 10.3. The van der Waals surface area contributed by atoms with Crippen LogP contribution in [0.4, 0.5) is 10.1 Å². The molecule has 1 saturated heterocycles. The van der Waals surface area contributed by atoms with Gasteiger partial charge in [-0.1, -0.05) is 12.1 Å². The molecule has 2 aromatic rings. The zero-order valence-corrected chi connectivity index (χ0v) is 17.7. The van der Waals surface area contributed by atoms with Gasteiger partial charge in [-0.3, -0.25) is 4.90 Å². The molecule has 0 aliphatic carbocycles. The van der Waals surface area contributed by atoms with Gasteiger partial charge < -0.3 is 4.90 Å². The van der Waals surface area contributed by atoms with E-state index in [1.165, 1.54) is 24.3 Å². The van der Waals surface area contributed by atoms with E-state index in [0.717, 1.165) is 30.9 Å². The second-order valence-corrected chi connectivity index (χ2v) is 10.7. The Balaban J connectivity index is 1.81. The van der Waals surface area contributed by atoms with E-state index in [0.29, 0.717) is 31.9 Å². The van der Waals surface area contributed by atoms with Gasteiger partial charge in [-0.2, -0.15) is 0 Å². The fourth-order valence-corrected chi connectivity index (χ4v) is 4.98. The zero-order chi connectivity index (χ0) is 21.2. The summed E-state index contributed by atoms with van der Waals surface area (Å²) >= 11 is 0. The Kier molecular flexibility index (Phi) is 6.27. The van der Waals surface area contributed by atoms with Crippen molar-refractivity contribution >= 4 is 25.5 Å². The molecule has 7 nitrogen and oxygen atoms in total. The zero-order valence-electron chi connectivity index (χ0n) is 16.1. The fourth-order valence-electron chi connectivity index (χ4n) is 3.45. The number of sulfonamides is 1. The van der Waals surface area contributed by atoms with Gasteiger partial charge in [-0.05, 0) is 42.3 Å². The summed E-state index contributed by atoms with van der Waals surface area (Å²) in [4.78, 5) is 3.91. The molecule has 3 rings (SSSR count). The lowest BCUT2D eigenvalue weighted by atomic mass is 10.2. The Morgan fingerprint density at radius 1 is 0.966 bits per heavy atom. The van der Waals surface area contributed by atoms with E-state index in [-0.39, 0.29) is 15.6 Å². The fraction of sp³-hybridized carbons (Fsp3) is 0.368. The number of nitrogens with zero attached hydrogens (tertiary/aromatic N) is 2. The van der Waals surface area contributed by atoms with E-state index < -0.39 is 19.9 Å². The molecule has 158 valence electrons. The molecule has 0 saturated carbocycles. The number of halogens is 1. The van der Waals surface area contributed by atoms with Crippen LogP contribution in [0.3, 0.4) is 0 Å². The maximum absolute atomic E-state index is 13.1. The third-order valence-corrected chi connectivity index (χ3v) is 6.94. The van der Waals surface area contributed by atoms with Crippen molar-refractivity contribution in [2.75, 3.05) is 37.3 Å². The Morgan fingerprint density at radius 2 is 1.66 bits per heavy atom. The Labute approximate surface area is 170 Å². The van der Waals surface area contributed by atoms with E-state index in [2.05, 4.69) is 4.90 Å². The first kappa shape index (κ1) is 21.7. The minimum Gasteiger partial charge on any atom is -0.369 e. The summed E-state index contributed by atoms with van der Waals surface area (Å²) < 4.78 is 60.9. The van der Waals surface area contributed by atoms with Crippen molar-refractivity contribution in [1.82, 2.24) is 4.90 Å². The number of benzene rings is 2. The monoisotopic (exact) mass is 441 g/mol. The second-order valence-electron chi connectivity index (χ2n) is 7.19. The van der Waals surface area contributed by atoms with Crippen LogP contribution in [0.15, 0.2) is 52.3 Å². The van der Waals surface area contributed by atoms with Crippen LogP contribution in [0.1, 0.15) is 12.0 Å². The predicted molar refractivity (Wildman–Crippen MR) is 109 cm³/mol. The molecule has 10 heteroatoms. The number of hydrogen-bond acceptors (Lipinski definition) is 6. The molecule has 0 radical (unpaired) electrons. The van der Waals surface area contributed by atoms with Crippen molar-refractivity contribution in [1.29, 1.82) is 0 Å². The molecule has 1 fully saturated rings. The van der Waals surface area contributed by atoms with Gasteiger partial charge in [0.05, 0.1) is 15.5 Å². The maximum Gasteiger partial charge on any atom is 0.238 e. The standard InChI is InChI=1S/C19H24FN3O4S2/c1-28(24,25)19-13-17(29(21,26)27)7-8-18(19)23-10-2-9-22(11-12-23)14-15-3-5-16(20)6-4-15/h3-8,13H,2,9-12,14H2,1H3,(H2,21,26,27). The Hall–Kier alpha value is -2.01. The lowest BCUT2D eigenvalue weighted by Crippen LogP contribution is -2.31. The molecule has 1 aliphatic heterocycles. The van der Waals surface area contributed by atoms with Crippen LogP contribution >= 0.6 is 0 Å². The van der Waals surface area contributed by atoms with E-state index in [9.17, 15) is 21.2 Å². The van der Waals surface area contributed by atoms with Crippen LogP contribution < -0.4 is 10.0 Å². The largest absolute Gasteiger partial charge is 0.369 e. The Morgan fingerprint density at radius 3 is 2.28 bits per heavy atom. The van der Waals surface area contributed by atoms with Crippen LogP contribution in [0.5, 0.6) is 0 Å². The van der Waals surface area contributed by atoms with E-state index in [1.807, 2.05) is 4.90 Å². The summed E-state index contributed by atoms with van der Waals surface area (Å²) in [6.45, 7) is 3.40. The van der Waals surface area contributed by atoms with Crippen LogP contribution in [-0.4, -0.2) is 54.2 Å². The number of sulfone groups is 1. The molecule has 1 aliphatic rings. The van der Waals surface area contributed by atoms with Gasteiger partial charge in [0.2, 0.25) is 10.0 Å². The van der Waals surface area contributed by atoms with E-state index in [4.69, 9.17) is 5.14 Å². The van der Waals surface area contributed by atoms with Crippen molar-refractivity contribution in [3.05, 3.63) is 53.8 Å². The maximum atomic E-state index is 13.1.